The topological polar surface area (TPSA) is 95.9 Å². The van der Waals surface area contributed by atoms with Crippen LogP contribution in [0.3, 0.4) is 0 Å². The Morgan fingerprint density at radius 2 is 2.15 bits per heavy atom. The minimum Gasteiger partial charge on any atom is -0.494 e. The number of nitrogen functional groups attached to an aromatic ring is 1. The fourth-order valence-corrected chi connectivity index (χ4v) is 3.71. The van der Waals surface area contributed by atoms with E-state index in [1.807, 2.05) is 42.0 Å². The van der Waals surface area contributed by atoms with Crippen molar-refractivity contribution in [2.45, 2.75) is 32.6 Å². The third-order valence-corrected chi connectivity index (χ3v) is 4.77. The molecule has 0 saturated carbocycles. The number of ketones is 1. The fraction of sp³-hybridized carbons (Fsp3) is 0.300. The molecule has 2 aromatic heterocycles. The van der Waals surface area contributed by atoms with Crippen LogP contribution in [0.15, 0.2) is 36.7 Å². The number of nitrogens with zero attached hydrogens (tertiary/aromatic N) is 4. The molecule has 1 aliphatic rings. The molecule has 0 spiro atoms. The maximum absolute atomic E-state index is 12.7. The highest BCUT2D eigenvalue weighted by Gasteiger charge is 2.32. The Balaban J connectivity index is 1.71. The first kappa shape index (κ1) is 17.2. The van der Waals surface area contributed by atoms with E-state index in [4.69, 9.17) is 10.5 Å². The van der Waals surface area contributed by atoms with Crippen molar-refractivity contribution in [2.24, 2.45) is 0 Å². The van der Waals surface area contributed by atoms with Crippen molar-refractivity contribution in [1.82, 2.24) is 19.5 Å². The van der Waals surface area contributed by atoms with E-state index < -0.39 is 0 Å². The molecule has 1 unspecified atom stereocenters. The van der Waals surface area contributed by atoms with Gasteiger partial charge >= 0.3 is 0 Å². The van der Waals surface area contributed by atoms with Crippen LogP contribution in [0.25, 0.3) is 5.69 Å². The van der Waals surface area contributed by atoms with Gasteiger partial charge in [-0.25, -0.2) is 15.0 Å². The maximum Gasteiger partial charge on any atom is 0.220 e. The van der Waals surface area contributed by atoms with Gasteiger partial charge in [0.1, 0.15) is 11.6 Å². The summed E-state index contributed by atoms with van der Waals surface area (Å²) in [7, 11) is 0. The standard InChI is InChI=1S/C20H21N5O2/c1-3-27-15-6-4-5-14(11-15)25-8-7-22-19(25)13-9-16-18(17(26)10-13)12(2)23-20(21)24-16/h4-8,11,13H,3,9-10H2,1-2H3,(H2,21,23,24). The van der Waals surface area contributed by atoms with E-state index in [2.05, 4.69) is 15.0 Å². The second-order valence-electron chi connectivity index (χ2n) is 6.60. The Labute approximate surface area is 157 Å². The third-order valence-electron chi connectivity index (χ3n) is 4.77. The zero-order valence-corrected chi connectivity index (χ0v) is 15.3. The van der Waals surface area contributed by atoms with Crippen molar-refractivity contribution in [3.63, 3.8) is 0 Å². The largest absolute Gasteiger partial charge is 0.494 e. The molecule has 0 radical (unpaired) electrons. The number of aromatic nitrogens is 4. The summed E-state index contributed by atoms with van der Waals surface area (Å²) in [5.41, 5.74) is 8.70. The predicted molar refractivity (Wildman–Crippen MR) is 101 cm³/mol. The van der Waals surface area contributed by atoms with Gasteiger partial charge in [-0.3, -0.25) is 4.79 Å². The van der Waals surface area contributed by atoms with E-state index in [1.54, 1.807) is 13.1 Å². The molecular weight excluding hydrogens is 342 g/mol. The van der Waals surface area contributed by atoms with Crippen molar-refractivity contribution in [1.29, 1.82) is 0 Å². The smallest absolute Gasteiger partial charge is 0.220 e. The number of carbonyl (C=O) groups excluding carboxylic acids is 1. The molecule has 2 heterocycles. The molecule has 0 amide bonds. The molecule has 1 atom stereocenters. The van der Waals surface area contributed by atoms with Crippen LogP contribution in [-0.4, -0.2) is 31.9 Å². The number of aryl methyl sites for hydroxylation is 1. The number of hydrogen-bond donors (Lipinski definition) is 1. The number of ether oxygens (including phenoxy) is 1. The molecule has 0 fully saturated rings. The molecule has 27 heavy (non-hydrogen) atoms. The van der Waals surface area contributed by atoms with E-state index in [-0.39, 0.29) is 17.6 Å². The Morgan fingerprint density at radius 3 is 2.96 bits per heavy atom. The molecule has 7 heteroatoms. The number of benzene rings is 1. The van der Waals surface area contributed by atoms with Crippen LogP contribution < -0.4 is 10.5 Å². The van der Waals surface area contributed by atoms with Crippen LogP contribution in [0.4, 0.5) is 5.95 Å². The van der Waals surface area contributed by atoms with Crippen molar-refractivity contribution in [3.8, 4) is 11.4 Å². The molecule has 4 rings (SSSR count). The number of fused-ring (bicyclic) bond motifs is 1. The number of hydrogen-bond acceptors (Lipinski definition) is 6. The van der Waals surface area contributed by atoms with Crippen LogP contribution >= 0.6 is 0 Å². The molecule has 138 valence electrons. The summed E-state index contributed by atoms with van der Waals surface area (Å²) in [5, 5.41) is 0. The van der Waals surface area contributed by atoms with Crippen LogP contribution in [0.5, 0.6) is 5.75 Å². The van der Waals surface area contributed by atoms with Crippen molar-refractivity contribution in [3.05, 3.63) is 59.4 Å². The summed E-state index contributed by atoms with van der Waals surface area (Å²) in [6, 6.07) is 7.84. The maximum atomic E-state index is 12.7. The zero-order valence-electron chi connectivity index (χ0n) is 15.3. The van der Waals surface area contributed by atoms with E-state index in [0.717, 1.165) is 17.3 Å². The second kappa shape index (κ2) is 6.83. The third kappa shape index (κ3) is 3.16. The van der Waals surface area contributed by atoms with Gasteiger partial charge in [0.05, 0.1) is 29.2 Å². The number of Topliss-reactive ketones (excluding diaryl/α,β-unsaturated/α-hetero) is 1. The Morgan fingerprint density at radius 1 is 1.30 bits per heavy atom. The summed E-state index contributed by atoms with van der Waals surface area (Å²) in [6.07, 6.45) is 4.64. The highest BCUT2D eigenvalue weighted by Crippen LogP contribution is 2.33. The van der Waals surface area contributed by atoms with E-state index in [9.17, 15) is 4.79 Å². The molecule has 2 N–H and O–H groups in total. The van der Waals surface area contributed by atoms with Crippen LogP contribution in [0.1, 0.15) is 46.8 Å². The van der Waals surface area contributed by atoms with Crippen molar-refractivity contribution < 1.29 is 9.53 Å². The van der Waals surface area contributed by atoms with Crippen LogP contribution in [0, 0.1) is 6.92 Å². The van der Waals surface area contributed by atoms with E-state index in [1.165, 1.54) is 0 Å². The normalized spacial score (nSPS) is 16.2. The minimum absolute atomic E-state index is 0.0383. The quantitative estimate of drug-likeness (QED) is 0.766. The lowest BCUT2D eigenvalue weighted by atomic mass is 9.84. The summed E-state index contributed by atoms with van der Waals surface area (Å²) < 4.78 is 7.60. The lowest BCUT2D eigenvalue weighted by Gasteiger charge is -2.24. The van der Waals surface area contributed by atoms with Gasteiger partial charge in [-0.2, -0.15) is 0 Å². The Kier molecular flexibility index (Phi) is 4.35. The van der Waals surface area contributed by atoms with Crippen molar-refractivity contribution >= 4 is 11.7 Å². The van der Waals surface area contributed by atoms with Crippen LogP contribution in [-0.2, 0) is 6.42 Å². The van der Waals surface area contributed by atoms with Gasteiger partial charge in [0.2, 0.25) is 5.95 Å². The average molecular weight is 363 g/mol. The molecule has 0 saturated heterocycles. The predicted octanol–water partition coefficient (Wildman–Crippen LogP) is 2.86. The average Bonchev–Trinajstić information content (AvgIpc) is 3.11. The number of carbonyl (C=O) groups is 1. The van der Waals surface area contributed by atoms with Gasteiger partial charge in [0, 0.05) is 37.2 Å². The summed E-state index contributed by atoms with van der Waals surface area (Å²) >= 11 is 0. The van der Waals surface area contributed by atoms with Crippen molar-refractivity contribution in [2.75, 3.05) is 12.3 Å². The molecule has 7 nitrogen and oxygen atoms in total. The van der Waals surface area contributed by atoms with Gasteiger partial charge in [0.25, 0.3) is 0 Å². The van der Waals surface area contributed by atoms with E-state index >= 15 is 0 Å². The first-order valence-electron chi connectivity index (χ1n) is 8.99. The van der Waals surface area contributed by atoms with Gasteiger partial charge in [-0.15, -0.1) is 0 Å². The van der Waals surface area contributed by atoms with Gasteiger partial charge in [-0.05, 0) is 26.0 Å². The first-order valence-corrected chi connectivity index (χ1v) is 8.99. The Bertz CT molecular complexity index is 1010. The molecular formula is C20H21N5O2. The molecule has 3 aromatic rings. The number of nitrogens with two attached hydrogens (primary N) is 1. The molecule has 1 aromatic carbocycles. The minimum atomic E-state index is -0.0653. The lowest BCUT2D eigenvalue weighted by molar-refractivity contribution is 0.0960. The first-order chi connectivity index (χ1) is 13.1. The SMILES string of the molecule is CCOc1cccc(-n2ccnc2C2CC(=O)c3c(C)nc(N)nc3C2)c1. The lowest BCUT2D eigenvalue weighted by Crippen LogP contribution is -2.24. The fourth-order valence-electron chi connectivity index (χ4n) is 3.71. The molecule has 0 aliphatic heterocycles. The number of anilines is 1. The summed E-state index contributed by atoms with van der Waals surface area (Å²) in [6.45, 7) is 4.36. The molecule has 0 bridgehead atoms. The zero-order chi connectivity index (χ0) is 19.0. The highest BCUT2D eigenvalue weighted by molar-refractivity contribution is 5.99. The van der Waals surface area contributed by atoms with Gasteiger partial charge < -0.3 is 15.0 Å². The van der Waals surface area contributed by atoms with Crippen LogP contribution in [0.2, 0.25) is 0 Å². The monoisotopic (exact) mass is 363 g/mol. The summed E-state index contributed by atoms with van der Waals surface area (Å²) in [4.78, 5) is 25.7. The number of imidazole rings is 1. The second-order valence-corrected chi connectivity index (χ2v) is 6.60. The molecule has 1 aliphatic carbocycles. The van der Waals surface area contributed by atoms with Gasteiger partial charge in [0.15, 0.2) is 5.78 Å². The number of rotatable bonds is 4. The van der Waals surface area contributed by atoms with Gasteiger partial charge in [-0.1, -0.05) is 6.07 Å². The summed E-state index contributed by atoms with van der Waals surface area (Å²) in [5.74, 6) is 1.81. The Hall–Kier alpha value is -3.22. The van der Waals surface area contributed by atoms with E-state index in [0.29, 0.717) is 36.4 Å². The highest BCUT2D eigenvalue weighted by atomic mass is 16.5.